The summed E-state index contributed by atoms with van der Waals surface area (Å²) < 4.78 is 14.0. The van der Waals surface area contributed by atoms with Crippen LogP contribution in [0.1, 0.15) is 16.8 Å². The molecule has 22 heavy (non-hydrogen) atoms. The average Bonchev–Trinajstić information content (AvgIpc) is 2.89. The van der Waals surface area contributed by atoms with Crippen molar-refractivity contribution in [3.63, 3.8) is 0 Å². The van der Waals surface area contributed by atoms with Crippen LogP contribution in [0.25, 0.3) is 0 Å². The van der Waals surface area contributed by atoms with E-state index in [1.165, 1.54) is 30.0 Å². The Kier molecular flexibility index (Phi) is 4.36. The topological polar surface area (TPSA) is 101 Å². The van der Waals surface area contributed by atoms with E-state index in [1.807, 2.05) is 0 Å². The Bertz CT molecular complexity index is 653. The van der Waals surface area contributed by atoms with Gasteiger partial charge in [0, 0.05) is 23.9 Å². The fourth-order valence-electron chi connectivity index (χ4n) is 2.26. The number of hydrogen-bond donors (Lipinski definition) is 1. The summed E-state index contributed by atoms with van der Waals surface area (Å²) in [7, 11) is 0. The lowest BCUT2D eigenvalue weighted by atomic mass is 10.1. The molecule has 1 N–H and O–H groups in total. The monoisotopic (exact) mass is 328 g/mol. The van der Waals surface area contributed by atoms with E-state index in [9.17, 15) is 24.1 Å². The van der Waals surface area contributed by atoms with Crippen molar-refractivity contribution in [3.05, 3.63) is 33.9 Å². The Morgan fingerprint density at radius 2 is 2.18 bits per heavy atom. The first-order valence-corrected chi connectivity index (χ1v) is 7.55. The molecule has 1 atom stereocenters. The molecular formula is C13H13FN2O5S. The van der Waals surface area contributed by atoms with Gasteiger partial charge in [0.15, 0.2) is 0 Å². The van der Waals surface area contributed by atoms with Crippen LogP contribution < -0.4 is 0 Å². The Balaban J connectivity index is 2.34. The third-order valence-electron chi connectivity index (χ3n) is 3.52. The second-order valence-corrected chi connectivity index (χ2v) is 5.77. The number of likely N-dealkylation sites (tertiary alicyclic amines) is 1. The number of rotatable bonds is 4. The SMILES string of the molecule is CSc1ccc([N+](=O)[O-])c(C(=O)N2CCC(F)(C(=O)O)C2)c1. The largest absolute Gasteiger partial charge is 0.479 e. The molecule has 0 saturated carbocycles. The zero-order valence-corrected chi connectivity index (χ0v) is 12.4. The molecule has 1 aromatic carbocycles. The summed E-state index contributed by atoms with van der Waals surface area (Å²) in [6, 6.07) is 4.10. The highest BCUT2D eigenvalue weighted by molar-refractivity contribution is 7.98. The Hall–Kier alpha value is -2.16. The van der Waals surface area contributed by atoms with Gasteiger partial charge in [-0.3, -0.25) is 14.9 Å². The van der Waals surface area contributed by atoms with E-state index in [4.69, 9.17) is 5.11 Å². The number of carbonyl (C=O) groups is 2. The summed E-state index contributed by atoms with van der Waals surface area (Å²) in [6.45, 7) is -0.704. The van der Waals surface area contributed by atoms with Gasteiger partial charge in [0.25, 0.3) is 11.6 Å². The van der Waals surface area contributed by atoms with Gasteiger partial charge < -0.3 is 10.0 Å². The molecule has 0 aromatic heterocycles. The van der Waals surface area contributed by atoms with Crippen LogP contribution in [0.15, 0.2) is 23.1 Å². The van der Waals surface area contributed by atoms with Crippen molar-refractivity contribution in [1.82, 2.24) is 4.90 Å². The van der Waals surface area contributed by atoms with Crippen LogP contribution in [-0.2, 0) is 4.79 Å². The van der Waals surface area contributed by atoms with Crippen LogP contribution in [0.3, 0.4) is 0 Å². The van der Waals surface area contributed by atoms with Crippen molar-refractivity contribution in [2.45, 2.75) is 17.0 Å². The molecule has 9 heteroatoms. The number of aliphatic carboxylic acids is 1. The van der Waals surface area contributed by atoms with Gasteiger partial charge in [-0.25, -0.2) is 9.18 Å². The standard InChI is InChI=1S/C13H13FN2O5S/c1-22-8-2-3-10(16(20)21)9(6-8)11(17)15-5-4-13(14,7-15)12(18)19/h2-3,6H,4-5,7H2,1H3,(H,18,19). The molecule has 7 nitrogen and oxygen atoms in total. The number of carbonyl (C=O) groups excluding carboxylic acids is 1. The van der Waals surface area contributed by atoms with Crippen molar-refractivity contribution in [1.29, 1.82) is 0 Å². The highest BCUT2D eigenvalue weighted by atomic mass is 32.2. The summed E-state index contributed by atoms with van der Waals surface area (Å²) in [4.78, 5) is 35.3. The van der Waals surface area contributed by atoms with Gasteiger partial charge in [0.05, 0.1) is 11.5 Å². The number of halogens is 1. The number of nitro groups is 1. The normalized spacial score (nSPS) is 20.9. The summed E-state index contributed by atoms with van der Waals surface area (Å²) in [5, 5.41) is 19.9. The lowest BCUT2D eigenvalue weighted by Crippen LogP contribution is -2.39. The number of thioether (sulfide) groups is 1. The lowest BCUT2D eigenvalue weighted by Gasteiger charge is -2.18. The Morgan fingerprint density at radius 3 is 2.68 bits per heavy atom. The molecule has 0 aliphatic carbocycles. The van der Waals surface area contributed by atoms with Gasteiger partial charge >= 0.3 is 5.97 Å². The number of nitro benzene ring substituents is 1. The number of hydrogen-bond acceptors (Lipinski definition) is 5. The first-order valence-electron chi connectivity index (χ1n) is 6.32. The van der Waals surface area contributed by atoms with E-state index >= 15 is 0 Å². The molecule has 1 aromatic rings. The number of carboxylic acids is 1. The molecule has 0 spiro atoms. The highest BCUT2D eigenvalue weighted by Gasteiger charge is 2.47. The zero-order valence-electron chi connectivity index (χ0n) is 11.6. The number of amides is 1. The highest BCUT2D eigenvalue weighted by Crippen LogP contribution is 2.30. The molecule has 1 unspecified atom stereocenters. The second kappa shape index (κ2) is 5.91. The first kappa shape index (κ1) is 16.2. The Morgan fingerprint density at radius 1 is 1.50 bits per heavy atom. The van der Waals surface area contributed by atoms with Crippen LogP contribution in [-0.4, -0.2) is 51.8 Å². The summed E-state index contributed by atoms with van der Waals surface area (Å²) in [5.74, 6) is -2.36. The summed E-state index contributed by atoms with van der Waals surface area (Å²) in [6.07, 6.45) is 1.42. The number of nitrogens with zero attached hydrogens (tertiary/aromatic N) is 2. The maximum absolute atomic E-state index is 14.0. The van der Waals surface area contributed by atoms with E-state index in [0.717, 1.165) is 4.90 Å². The van der Waals surface area contributed by atoms with Crippen molar-refractivity contribution in [3.8, 4) is 0 Å². The molecule has 1 fully saturated rings. The van der Waals surface area contributed by atoms with Crippen LogP contribution in [0.4, 0.5) is 10.1 Å². The predicted molar refractivity (Wildman–Crippen MR) is 76.9 cm³/mol. The van der Waals surface area contributed by atoms with E-state index < -0.39 is 29.0 Å². The van der Waals surface area contributed by atoms with Crippen LogP contribution in [0.2, 0.25) is 0 Å². The fraction of sp³-hybridized carbons (Fsp3) is 0.385. The van der Waals surface area contributed by atoms with Crippen molar-refractivity contribution in [2.75, 3.05) is 19.3 Å². The first-order chi connectivity index (χ1) is 10.3. The molecule has 118 valence electrons. The van der Waals surface area contributed by atoms with Gasteiger partial charge in [0.1, 0.15) is 5.56 Å². The van der Waals surface area contributed by atoms with Gasteiger partial charge in [0.2, 0.25) is 5.67 Å². The minimum absolute atomic E-state index is 0.0950. The molecule has 0 bridgehead atoms. The van der Waals surface area contributed by atoms with E-state index in [2.05, 4.69) is 0 Å². The predicted octanol–water partition coefficient (Wildman–Crippen LogP) is 1.96. The molecule has 1 heterocycles. The van der Waals surface area contributed by atoms with Gasteiger partial charge in [-0.15, -0.1) is 11.8 Å². The van der Waals surface area contributed by atoms with E-state index in [0.29, 0.717) is 4.90 Å². The summed E-state index contributed by atoms with van der Waals surface area (Å²) in [5.41, 5.74) is -3.04. The number of alkyl halides is 1. The molecule has 1 aliphatic rings. The molecule has 1 aliphatic heterocycles. The number of carboxylic acid groups (broad SMARTS) is 1. The molecule has 1 amide bonds. The smallest absolute Gasteiger partial charge is 0.343 e. The van der Waals surface area contributed by atoms with Crippen LogP contribution >= 0.6 is 11.8 Å². The van der Waals surface area contributed by atoms with Gasteiger partial charge in [-0.2, -0.15) is 0 Å². The average molecular weight is 328 g/mol. The quantitative estimate of drug-likeness (QED) is 0.515. The lowest BCUT2D eigenvalue weighted by molar-refractivity contribution is -0.385. The van der Waals surface area contributed by atoms with Crippen molar-refractivity contribution < 1.29 is 24.0 Å². The molecular weight excluding hydrogens is 315 g/mol. The molecule has 1 saturated heterocycles. The Labute approximate surface area is 129 Å². The molecule has 0 radical (unpaired) electrons. The summed E-state index contributed by atoms with van der Waals surface area (Å²) >= 11 is 1.31. The van der Waals surface area contributed by atoms with Gasteiger partial charge in [-0.1, -0.05) is 0 Å². The van der Waals surface area contributed by atoms with E-state index in [1.54, 1.807) is 6.26 Å². The minimum atomic E-state index is -2.50. The second-order valence-electron chi connectivity index (χ2n) is 4.89. The van der Waals surface area contributed by atoms with Crippen molar-refractivity contribution in [2.24, 2.45) is 0 Å². The van der Waals surface area contributed by atoms with Gasteiger partial charge in [-0.05, 0) is 18.4 Å². The minimum Gasteiger partial charge on any atom is -0.479 e. The molecule has 2 rings (SSSR count). The number of benzene rings is 1. The fourth-order valence-corrected chi connectivity index (χ4v) is 2.70. The van der Waals surface area contributed by atoms with E-state index in [-0.39, 0.29) is 24.2 Å². The third-order valence-corrected chi connectivity index (χ3v) is 4.25. The van der Waals surface area contributed by atoms with Crippen molar-refractivity contribution >= 4 is 29.3 Å². The van der Waals surface area contributed by atoms with Crippen LogP contribution in [0.5, 0.6) is 0 Å². The maximum Gasteiger partial charge on any atom is 0.343 e. The maximum atomic E-state index is 14.0. The van der Waals surface area contributed by atoms with Crippen LogP contribution in [0, 0.1) is 10.1 Å². The third kappa shape index (κ3) is 2.89. The zero-order chi connectivity index (χ0) is 16.5.